The fourth-order valence-corrected chi connectivity index (χ4v) is 2.23. The van der Waals surface area contributed by atoms with E-state index < -0.39 is 0 Å². The van der Waals surface area contributed by atoms with Crippen LogP contribution in [0.2, 0.25) is 0 Å². The first-order valence-electron chi connectivity index (χ1n) is 7.37. The minimum absolute atomic E-state index is 0.647. The Kier molecular flexibility index (Phi) is 4.96. The van der Waals surface area contributed by atoms with E-state index in [2.05, 4.69) is 28.4 Å². The molecule has 21 heavy (non-hydrogen) atoms. The molecule has 0 aromatic carbocycles. The molecule has 0 spiro atoms. The van der Waals surface area contributed by atoms with Gasteiger partial charge in [-0.2, -0.15) is 5.10 Å². The Morgan fingerprint density at radius 3 is 2.62 bits per heavy atom. The summed E-state index contributed by atoms with van der Waals surface area (Å²) in [6.45, 7) is 9.98. The van der Waals surface area contributed by atoms with Gasteiger partial charge in [0, 0.05) is 25.4 Å². The van der Waals surface area contributed by atoms with Crippen molar-refractivity contribution in [2.45, 2.75) is 40.7 Å². The van der Waals surface area contributed by atoms with Crippen molar-refractivity contribution in [1.29, 1.82) is 0 Å². The van der Waals surface area contributed by atoms with Gasteiger partial charge < -0.3 is 10.1 Å². The molecule has 2 heterocycles. The summed E-state index contributed by atoms with van der Waals surface area (Å²) >= 11 is 0. The van der Waals surface area contributed by atoms with Crippen LogP contribution in [0.3, 0.4) is 0 Å². The monoisotopic (exact) mass is 288 g/mol. The van der Waals surface area contributed by atoms with E-state index in [-0.39, 0.29) is 0 Å². The molecule has 0 bridgehead atoms. The summed E-state index contributed by atoms with van der Waals surface area (Å²) in [5.74, 6) is 1.44. The summed E-state index contributed by atoms with van der Waals surface area (Å²) in [4.78, 5) is 4.44. The van der Waals surface area contributed by atoms with E-state index in [4.69, 9.17) is 4.74 Å². The maximum Gasteiger partial charge on any atom is 0.222 e. The molecular weight excluding hydrogens is 264 g/mol. The lowest BCUT2D eigenvalue weighted by molar-refractivity contribution is 0.450. The van der Waals surface area contributed by atoms with E-state index in [1.807, 2.05) is 38.7 Å². The largest absolute Gasteiger partial charge is 0.435 e. The molecular formula is C16H24N4O. The van der Waals surface area contributed by atoms with Crippen LogP contribution in [0.1, 0.15) is 35.9 Å². The summed E-state index contributed by atoms with van der Waals surface area (Å²) < 4.78 is 7.78. The minimum Gasteiger partial charge on any atom is -0.435 e. The number of pyridine rings is 1. The van der Waals surface area contributed by atoms with E-state index in [1.54, 1.807) is 0 Å². The number of nitrogens with one attached hydrogen (secondary N) is 1. The Bertz CT molecular complexity index is 619. The van der Waals surface area contributed by atoms with Gasteiger partial charge in [-0.3, -0.25) is 4.68 Å². The van der Waals surface area contributed by atoms with Gasteiger partial charge >= 0.3 is 0 Å². The zero-order valence-corrected chi connectivity index (χ0v) is 13.5. The molecule has 0 fully saturated rings. The third kappa shape index (κ3) is 3.61. The highest BCUT2D eigenvalue weighted by molar-refractivity contribution is 5.38. The molecule has 5 heteroatoms. The Morgan fingerprint density at radius 2 is 2.05 bits per heavy atom. The number of rotatable bonds is 6. The lowest BCUT2D eigenvalue weighted by Gasteiger charge is -2.10. The van der Waals surface area contributed by atoms with Crippen molar-refractivity contribution >= 4 is 0 Å². The molecule has 1 N–H and O–H groups in total. The highest BCUT2D eigenvalue weighted by Crippen LogP contribution is 2.28. The lowest BCUT2D eigenvalue weighted by Crippen LogP contribution is -2.14. The zero-order valence-electron chi connectivity index (χ0n) is 13.5. The standard InChI is InChI=1S/C16H24N4O/c1-6-7-17-9-14-8-11(2)16(18-10-14)21-15-12(3)19-20(5)13(15)4/h8,10,17H,6-7,9H2,1-5H3. The van der Waals surface area contributed by atoms with Crippen molar-refractivity contribution < 1.29 is 4.74 Å². The first-order chi connectivity index (χ1) is 10.0. The molecule has 0 saturated heterocycles. The van der Waals surface area contributed by atoms with Gasteiger partial charge in [-0.25, -0.2) is 4.98 Å². The van der Waals surface area contributed by atoms with Crippen LogP contribution in [-0.4, -0.2) is 21.3 Å². The van der Waals surface area contributed by atoms with Crippen LogP contribution in [0, 0.1) is 20.8 Å². The maximum absolute atomic E-state index is 5.96. The third-order valence-electron chi connectivity index (χ3n) is 3.48. The molecule has 0 aliphatic heterocycles. The highest BCUT2D eigenvalue weighted by atomic mass is 16.5. The van der Waals surface area contributed by atoms with Crippen molar-refractivity contribution in [3.05, 3.63) is 34.8 Å². The number of ether oxygens (including phenoxy) is 1. The SMILES string of the molecule is CCCNCc1cnc(Oc2c(C)nn(C)c2C)c(C)c1. The van der Waals surface area contributed by atoms with Crippen LogP contribution in [0.25, 0.3) is 0 Å². The zero-order chi connectivity index (χ0) is 15.4. The Labute approximate surface area is 126 Å². The van der Waals surface area contributed by atoms with Crippen LogP contribution < -0.4 is 10.1 Å². The second-order valence-electron chi connectivity index (χ2n) is 5.37. The molecule has 0 aliphatic rings. The molecule has 2 rings (SSSR count). The molecule has 0 aliphatic carbocycles. The summed E-state index contributed by atoms with van der Waals surface area (Å²) in [6, 6.07) is 2.12. The van der Waals surface area contributed by atoms with E-state index in [0.717, 1.165) is 42.2 Å². The van der Waals surface area contributed by atoms with E-state index in [9.17, 15) is 0 Å². The van der Waals surface area contributed by atoms with Crippen LogP contribution in [0.4, 0.5) is 0 Å². The van der Waals surface area contributed by atoms with Gasteiger partial charge in [0.2, 0.25) is 5.88 Å². The summed E-state index contributed by atoms with van der Waals surface area (Å²) in [6.07, 6.45) is 3.00. The molecule has 2 aromatic heterocycles. The van der Waals surface area contributed by atoms with E-state index in [1.165, 1.54) is 5.56 Å². The summed E-state index contributed by atoms with van der Waals surface area (Å²) in [7, 11) is 1.91. The molecule has 0 atom stereocenters. The minimum atomic E-state index is 0.647. The van der Waals surface area contributed by atoms with Crippen molar-refractivity contribution in [2.24, 2.45) is 7.05 Å². The average Bonchev–Trinajstić information content (AvgIpc) is 2.68. The quantitative estimate of drug-likeness (QED) is 0.830. The summed E-state index contributed by atoms with van der Waals surface area (Å²) in [5.41, 5.74) is 4.09. The third-order valence-corrected chi connectivity index (χ3v) is 3.48. The second kappa shape index (κ2) is 6.72. The molecule has 2 aromatic rings. The predicted octanol–water partition coefficient (Wildman–Crippen LogP) is 3.03. The molecule has 0 radical (unpaired) electrons. The van der Waals surface area contributed by atoms with Gasteiger partial charge in [0.15, 0.2) is 5.75 Å². The first kappa shape index (κ1) is 15.5. The van der Waals surface area contributed by atoms with Crippen LogP contribution in [0.5, 0.6) is 11.6 Å². The van der Waals surface area contributed by atoms with Crippen LogP contribution >= 0.6 is 0 Å². The molecule has 5 nitrogen and oxygen atoms in total. The normalized spacial score (nSPS) is 10.9. The highest BCUT2D eigenvalue weighted by Gasteiger charge is 2.13. The van der Waals surface area contributed by atoms with Crippen LogP contribution in [0.15, 0.2) is 12.3 Å². The lowest BCUT2D eigenvalue weighted by atomic mass is 10.2. The Balaban J connectivity index is 2.14. The van der Waals surface area contributed by atoms with Gasteiger partial charge in [-0.15, -0.1) is 0 Å². The number of hydrogen-bond donors (Lipinski definition) is 1. The second-order valence-corrected chi connectivity index (χ2v) is 5.37. The Morgan fingerprint density at radius 1 is 1.29 bits per heavy atom. The van der Waals surface area contributed by atoms with E-state index in [0.29, 0.717) is 5.88 Å². The number of hydrogen-bond acceptors (Lipinski definition) is 4. The average molecular weight is 288 g/mol. The molecule has 0 saturated carbocycles. The van der Waals surface area contributed by atoms with Crippen molar-refractivity contribution in [3.8, 4) is 11.6 Å². The summed E-state index contributed by atoms with van der Waals surface area (Å²) in [5, 5.41) is 7.73. The topological polar surface area (TPSA) is 52.0 Å². The van der Waals surface area contributed by atoms with Gasteiger partial charge in [0.05, 0.1) is 5.69 Å². The molecule has 0 unspecified atom stereocenters. The predicted molar refractivity (Wildman–Crippen MR) is 83.7 cm³/mol. The fourth-order valence-electron chi connectivity index (χ4n) is 2.23. The van der Waals surface area contributed by atoms with E-state index >= 15 is 0 Å². The molecule has 0 amide bonds. The van der Waals surface area contributed by atoms with Gasteiger partial charge in [-0.05, 0) is 45.4 Å². The number of aryl methyl sites for hydroxylation is 3. The maximum atomic E-state index is 5.96. The van der Waals surface area contributed by atoms with Crippen LogP contribution in [-0.2, 0) is 13.6 Å². The Hall–Kier alpha value is -1.88. The fraction of sp³-hybridized carbons (Fsp3) is 0.500. The van der Waals surface area contributed by atoms with Gasteiger partial charge in [-0.1, -0.05) is 6.92 Å². The van der Waals surface area contributed by atoms with Gasteiger partial charge in [0.1, 0.15) is 5.69 Å². The molecule has 114 valence electrons. The first-order valence-corrected chi connectivity index (χ1v) is 7.37. The smallest absolute Gasteiger partial charge is 0.222 e. The van der Waals surface area contributed by atoms with Crippen molar-refractivity contribution in [2.75, 3.05) is 6.54 Å². The number of nitrogens with zero attached hydrogens (tertiary/aromatic N) is 3. The van der Waals surface area contributed by atoms with Crippen molar-refractivity contribution in [1.82, 2.24) is 20.1 Å². The van der Waals surface area contributed by atoms with Gasteiger partial charge in [0.25, 0.3) is 0 Å². The number of aromatic nitrogens is 3. The van der Waals surface area contributed by atoms with Crippen molar-refractivity contribution in [3.63, 3.8) is 0 Å².